The molecule has 1 saturated heterocycles. The number of fused-ring (bicyclic) bond motifs is 1. The van der Waals surface area contributed by atoms with Crippen LogP contribution >= 0.6 is 0 Å². The second-order valence-corrected chi connectivity index (χ2v) is 7.11. The van der Waals surface area contributed by atoms with E-state index in [2.05, 4.69) is 27.0 Å². The Morgan fingerprint density at radius 2 is 2.11 bits per heavy atom. The average molecular weight is 374 g/mol. The number of anilines is 1. The van der Waals surface area contributed by atoms with E-state index in [1.165, 1.54) is 0 Å². The van der Waals surface area contributed by atoms with E-state index >= 15 is 0 Å². The molecule has 0 unspecified atom stereocenters. The molecule has 0 radical (unpaired) electrons. The number of hydrogen-bond donors (Lipinski definition) is 3. The van der Waals surface area contributed by atoms with Crippen LogP contribution in [0.2, 0.25) is 0 Å². The summed E-state index contributed by atoms with van der Waals surface area (Å²) in [5.41, 5.74) is 4.50. The van der Waals surface area contributed by atoms with Crippen LogP contribution in [0.15, 0.2) is 42.4 Å². The van der Waals surface area contributed by atoms with Gasteiger partial charge in [0.25, 0.3) is 5.91 Å². The summed E-state index contributed by atoms with van der Waals surface area (Å²) in [6.07, 6.45) is 7.41. The predicted molar refractivity (Wildman–Crippen MR) is 104 cm³/mol. The highest BCUT2D eigenvalue weighted by atomic mass is 16.2. The van der Waals surface area contributed by atoms with Crippen LogP contribution in [0.1, 0.15) is 24.1 Å². The summed E-state index contributed by atoms with van der Waals surface area (Å²) >= 11 is 0. The molecular weight excluding hydrogens is 356 g/mol. The Hall–Kier alpha value is -3.68. The van der Waals surface area contributed by atoms with Crippen LogP contribution in [-0.2, 0) is 4.79 Å². The number of rotatable bonds is 4. The fourth-order valence-corrected chi connectivity index (χ4v) is 3.20. The monoisotopic (exact) mass is 374 g/mol. The molecule has 28 heavy (non-hydrogen) atoms. The lowest BCUT2D eigenvalue weighted by Crippen LogP contribution is -2.22. The highest BCUT2D eigenvalue weighted by molar-refractivity contribution is 6.13. The summed E-state index contributed by atoms with van der Waals surface area (Å²) in [5.74, 6) is 0.260. The fourth-order valence-electron chi connectivity index (χ4n) is 3.20. The lowest BCUT2D eigenvalue weighted by atomic mass is 10.1. The van der Waals surface area contributed by atoms with Gasteiger partial charge in [-0.2, -0.15) is 0 Å². The normalized spacial score (nSPS) is 17.8. The highest BCUT2D eigenvalue weighted by Crippen LogP contribution is 2.29. The Morgan fingerprint density at radius 1 is 1.25 bits per heavy atom. The van der Waals surface area contributed by atoms with Crippen LogP contribution in [0.4, 0.5) is 10.6 Å². The van der Waals surface area contributed by atoms with Gasteiger partial charge in [0.2, 0.25) is 0 Å². The van der Waals surface area contributed by atoms with Crippen LogP contribution in [-0.4, -0.2) is 32.3 Å². The quantitative estimate of drug-likeness (QED) is 0.481. The van der Waals surface area contributed by atoms with E-state index in [0.717, 1.165) is 29.7 Å². The van der Waals surface area contributed by atoms with Gasteiger partial charge in [-0.05, 0) is 31.9 Å². The number of carbonyl (C=O) groups is 2. The zero-order valence-electron chi connectivity index (χ0n) is 15.2. The van der Waals surface area contributed by atoms with Gasteiger partial charge in [-0.15, -0.1) is 0 Å². The first kappa shape index (κ1) is 16.5. The Bertz CT molecular complexity index is 1160. The summed E-state index contributed by atoms with van der Waals surface area (Å²) in [4.78, 5) is 32.5. The molecule has 8 nitrogen and oxygen atoms in total. The van der Waals surface area contributed by atoms with E-state index in [0.29, 0.717) is 23.2 Å². The summed E-state index contributed by atoms with van der Waals surface area (Å²) in [6.45, 7) is 2.04. The molecule has 140 valence electrons. The van der Waals surface area contributed by atoms with Crippen LogP contribution in [0.3, 0.4) is 0 Å². The maximum Gasteiger partial charge on any atom is 0.326 e. The van der Waals surface area contributed by atoms with Crippen LogP contribution < -0.4 is 16.0 Å². The van der Waals surface area contributed by atoms with Crippen molar-refractivity contribution in [3.05, 3.63) is 53.6 Å². The van der Waals surface area contributed by atoms with Gasteiger partial charge in [-0.1, -0.05) is 23.8 Å². The molecule has 2 aromatic heterocycles. The standard InChI is InChI=1S/C20H18N6O2/c1-11-3-2-4-12(7-11)16-10-26-14(8-15-19(27)25-20(28)24-15)9-21-18(26)17(23-16)22-13-5-6-13/h2-4,7-10,13H,5-6H2,1H3,(H,22,23)(H2,24,25,27,28)/b15-8-. The van der Waals surface area contributed by atoms with Gasteiger partial charge in [-0.25, -0.2) is 14.8 Å². The van der Waals surface area contributed by atoms with E-state index in [1.807, 2.05) is 35.7 Å². The number of nitrogens with one attached hydrogen (secondary N) is 3. The Labute approximate surface area is 160 Å². The van der Waals surface area contributed by atoms with E-state index < -0.39 is 11.9 Å². The molecule has 3 N–H and O–H groups in total. The molecule has 1 aromatic carbocycles. The minimum Gasteiger partial charge on any atom is -0.364 e. The number of hydrogen-bond acceptors (Lipinski definition) is 5. The van der Waals surface area contributed by atoms with Gasteiger partial charge in [0.15, 0.2) is 11.5 Å². The zero-order valence-corrected chi connectivity index (χ0v) is 15.2. The number of imidazole rings is 1. The molecule has 3 amide bonds. The van der Waals surface area contributed by atoms with E-state index in [-0.39, 0.29) is 5.70 Å². The van der Waals surface area contributed by atoms with E-state index in [9.17, 15) is 9.59 Å². The van der Waals surface area contributed by atoms with Crippen molar-refractivity contribution in [2.75, 3.05) is 5.32 Å². The summed E-state index contributed by atoms with van der Waals surface area (Å²) in [5, 5.41) is 8.15. The largest absolute Gasteiger partial charge is 0.364 e. The first-order valence-corrected chi connectivity index (χ1v) is 9.12. The van der Waals surface area contributed by atoms with Crippen molar-refractivity contribution >= 4 is 29.5 Å². The van der Waals surface area contributed by atoms with Gasteiger partial charge in [-0.3, -0.25) is 14.5 Å². The number of aromatic nitrogens is 3. The van der Waals surface area contributed by atoms with Crippen molar-refractivity contribution in [1.82, 2.24) is 25.0 Å². The van der Waals surface area contributed by atoms with Gasteiger partial charge in [0, 0.05) is 17.8 Å². The van der Waals surface area contributed by atoms with Gasteiger partial charge < -0.3 is 10.6 Å². The minimum atomic E-state index is -0.525. The third-order valence-corrected chi connectivity index (χ3v) is 4.77. The zero-order chi connectivity index (χ0) is 19.3. The molecule has 0 spiro atoms. The molecule has 3 aromatic rings. The maximum atomic E-state index is 11.9. The number of carbonyl (C=O) groups excluding carboxylic acids is 2. The van der Waals surface area contributed by atoms with Crippen molar-refractivity contribution in [2.24, 2.45) is 0 Å². The van der Waals surface area contributed by atoms with Crippen molar-refractivity contribution < 1.29 is 9.59 Å². The molecule has 0 bridgehead atoms. The van der Waals surface area contributed by atoms with Crippen LogP contribution in [0.25, 0.3) is 23.0 Å². The molecule has 2 fully saturated rings. The molecule has 1 saturated carbocycles. The lowest BCUT2D eigenvalue weighted by molar-refractivity contribution is -0.115. The fraction of sp³-hybridized carbons (Fsp3) is 0.200. The van der Waals surface area contributed by atoms with Gasteiger partial charge in [0.05, 0.1) is 17.6 Å². The topological polar surface area (TPSA) is 100 Å². The smallest absolute Gasteiger partial charge is 0.326 e. The third kappa shape index (κ3) is 2.98. The summed E-state index contributed by atoms with van der Waals surface area (Å²) in [7, 11) is 0. The number of amides is 3. The number of urea groups is 1. The second-order valence-electron chi connectivity index (χ2n) is 7.11. The number of imide groups is 1. The Morgan fingerprint density at radius 3 is 2.82 bits per heavy atom. The second kappa shape index (κ2) is 6.19. The van der Waals surface area contributed by atoms with Gasteiger partial charge in [0.1, 0.15) is 5.70 Å². The van der Waals surface area contributed by atoms with E-state index in [4.69, 9.17) is 4.98 Å². The van der Waals surface area contributed by atoms with Gasteiger partial charge >= 0.3 is 6.03 Å². The molecule has 1 aliphatic heterocycles. The molecule has 0 atom stereocenters. The highest BCUT2D eigenvalue weighted by Gasteiger charge is 2.25. The predicted octanol–water partition coefficient (Wildman–Crippen LogP) is 2.46. The molecule has 1 aliphatic carbocycles. The first-order valence-electron chi connectivity index (χ1n) is 9.12. The Kier molecular flexibility index (Phi) is 3.65. The SMILES string of the molecule is Cc1cccc(-c2cn3c(/C=C4\NC(=O)NC4=O)cnc3c(NC3CC3)n2)c1. The van der Waals surface area contributed by atoms with Crippen LogP contribution in [0, 0.1) is 6.92 Å². The van der Waals surface area contributed by atoms with Crippen LogP contribution in [0.5, 0.6) is 0 Å². The number of benzene rings is 1. The van der Waals surface area contributed by atoms with Crippen molar-refractivity contribution in [3.63, 3.8) is 0 Å². The van der Waals surface area contributed by atoms with Crippen molar-refractivity contribution in [1.29, 1.82) is 0 Å². The van der Waals surface area contributed by atoms with Crippen molar-refractivity contribution in [3.8, 4) is 11.3 Å². The minimum absolute atomic E-state index is 0.192. The molecule has 2 aliphatic rings. The average Bonchev–Trinajstić information content (AvgIpc) is 3.30. The number of nitrogens with zero attached hydrogens (tertiary/aromatic N) is 3. The lowest BCUT2D eigenvalue weighted by Gasteiger charge is -2.10. The van der Waals surface area contributed by atoms with E-state index in [1.54, 1.807) is 12.3 Å². The summed E-state index contributed by atoms with van der Waals surface area (Å²) < 4.78 is 1.89. The third-order valence-electron chi connectivity index (χ3n) is 4.77. The van der Waals surface area contributed by atoms with Crippen molar-refractivity contribution in [2.45, 2.75) is 25.8 Å². The Balaban J connectivity index is 1.66. The molecule has 5 rings (SSSR count). The number of aryl methyl sites for hydroxylation is 1. The maximum absolute atomic E-state index is 11.9. The first-order chi connectivity index (χ1) is 13.6. The molecule has 3 heterocycles. The summed E-state index contributed by atoms with van der Waals surface area (Å²) in [6, 6.07) is 8.03. The molecular formula is C20H18N6O2. The molecule has 8 heteroatoms.